The average Bonchev–Trinajstić information content (AvgIpc) is 2.79. The van der Waals surface area contributed by atoms with Crippen LogP contribution in [0.1, 0.15) is 36.6 Å². The van der Waals surface area contributed by atoms with Crippen molar-refractivity contribution in [2.75, 3.05) is 14.2 Å². The van der Waals surface area contributed by atoms with E-state index < -0.39 is 0 Å². The van der Waals surface area contributed by atoms with Crippen LogP contribution in [0.4, 0.5) is 0 Å². The Bertz CT molecular complexity index is 911. The van der Waals surface area contributed by atoms with E-state index in [-0.39, 0.29) is 6.04 Å². The van der Waals surface area contributed by atoms with Crippen LogP contribution in [-0.2, 0) is 13.2 Å². The van der Waals surface area contributed by atoms with Crippen molar-refractivity contribution in [3.63, 3.8) is 0 Å². The van der Waals surface area contributed by atoms with E-state index in [0.717, 1.165) is 34.9 Å². The van der Waals surface area contributed by atoms with E-state index in [0.29, 0.717) is 12.5 Å². The first kappa shape index (κ1) is 21.7. The summed E-state index contributed by atoms with van der Waals surface area (Å²) in [4.78, 5) is 4.13. The van der Waals surface area contributed by atoms with Gasteiger partial charge in [-0.2, -0.15) is 0 Å². The lowest BCUT2D eigenvalue weighted by Gasteiger charge is -2.23. The molecule has 0 saturated carbocycles. The lowest BCUT2D eigenvalue weighted by atomic mass is 9.95. The van der Waals surface area contributed by atoms with Crippen molar-refractivity contribution >= 4 is 0 Å². The SMILES string of the molecule is COc1ccc(C(NCc2ccc(OC)c(OCc3cccnc3)c2)C(C)C)cc1. The van der Waals surface area contributed by atoms with Crippen molar-refractivity contribution in [3.05, 3.63) is 83.7 Å². The highest BCUT2D eigenvalue weighted by Gasteiger charge is 2.16. The molecule has 1 aromatic heterocycles. The molecule has 3 rings (SSSR count). The number of hydrogen-bond acceptors (Lipinski definition) is 5. The van der Waals surface area contributed by atoms with Crippen LogP contribution in [-0.4, -0.2) is 19.2 Å². The first-order chi connectivity index (χ1) is 14.6. The lowest BCUT2D eigenvalue weighted by molar-refractivity contribution is 0.283. The molecular formula is C25H30N2O3. The van der Waals surface area contributed by atoms with Gasteiger partial charge in [-0.1, -0.05) is 38.1 Å². The third-order valence-corrected chi connectivity index (χ3v) is 5.01. The smallest absolute Gasteiger partial charge is 0.161 e. The molecule has 0 aliphatic rings. The van der Waals surface area contributed by atoms with Crippen molar-refractivity contribution in [1.82, 2.24) is 10.3 Å². The van der Waals surface area contributed by atoms with Crippen LogP contribution in [0, 0.1) is 5.92 Å². The highest BCUT2D eigenvalue weighted by molar-refractivity contribution is 5.43. The number of nitrogens with zero attached hydrogens (tertiary/aromatic N) is 1. The molecule has 1 heterocycles. The molecule has 0 bridgehead atoms. The summed E-state index contributed by atoms with van der Waals surface area (Å²) in [6, 6.07) is 18.4. The molecule has 3 aromatic rings. The van der Waals surface area contributed by atoms with E-state index in [2.05, 4.69) is 42.3 Å². The number of nitrogens with one attached hydrogen (secondary N) is 1. The van der Waals surface area contributed by atoms with Crippen LogP contribution < -0.4 is 19.5 Å². The van der Waals surface area contributed by atoms with Crippen LogP contribution >= 0.6 is 0 Å². The second-order valence-electron chi connectivity index (χ2n) is 7.51. The summed E-state index contributed by atoms with van der Waals surface area (Å²) in [7, 11) is 3.34. The molecule has 5 heteroatoms. The molecule has 158 valence electrons. The van der Waals surface area contributed by atoms with Gasteiger partial charge < -0.3 is 19.5 Å². The van der Waals surface area contributed by atoms with Gasteiger partial charge in [-0.3, -0.25) is 4.98 Å². The molecular weight excluding hydrogens is 376 g/mol. The van der Waals surface area contributed by atoms with Gasteiger partial charge in [0.2, 0.25) is 0 Å². The van der Waals surface area contributed by atoms with Crippen LogP contribution in [0.25, 0.3) is 0 Å². The van der Waals surface area contributed by atoms with E-state index in [1.807, 2.05) is 36.4 Å². The van der Waals surface area contributed by atoms with Crippen molar-refractivity contribution < 1.29 is 14.2 Å². The van der Waals surface area contributed by atoms with Crippen molar-refractivity contribution in [1.29, 1.82) is 0 Å². The number of aromatic nitrogens is 1. The molecule has 0 amide bonds. The number of ether oxygens (including phenoxy) is 3. The second-order valence-corrected chi connectivity index (χ2v) is 7.51. The molecule has 30 heavy (non-hydrogen) atoms. The summed E-state index contributed by atoms with van der Waals surface area (Å²) < 4.78 is 16.8. The Morgan fingerprint density at radius 2 is 1.70 bits per heavy atom. The van der Waals surface area contributed by atoms with Gasteiger partial charge in [0.1, 0.15) is 12.4 Å². The van der Waals surface area contributed by atoms with Crippen LogP contribution in [0.2, 0.25) is 0 Å². The molecule has 1 N–H and O–H groups in total. The van der Waals surface area contributed by atoms with Crippen LogP contribution in [0.15, 0.2) is 67.0 Å². The highest BCUT2D eigenvalue weighted by Crippen LogP contribution is 2.30. The number of hydrogen-bond donors (Lipinski definition) is 1. The van der Waals surface area contributed by atoms with Gasteiger partial charge in [-0.15, -0.1) is 0 Å². The first-order valence-corrected chi connectivity index (χ1v) is 10.2. The average molecular weight is 407 g/mol. The van der Waals surface area contributed by atoms with E-state index in [9.17, 15) is 0 Å². The molecule has 2 aromatic carbocycles. The molecule has 0 fully saturated rings. The Hall–Kier alpha value is -3.05. The second kappa shape index (κ2) is 10.6. The third kappa shape index (κ3) is 5.74. The maximum absolute atomic E-state index is 6.01. The predicted molar refractivity (Wildman–Crippen MR) is 119 cm³/mol. The van der Waals surface area contributed by atoms with Crippen molar-refractivity contribution in [2.45, 2.75) is 33.0 Å². The van der Waals surface area contributed by atoms with Gasteiger partial charge in [0.25, 0.3) is 0 Å². The maximum Gasteiger partial charge on any atom is 0.161 e. The van der Waals surface area contributed by atoms with Gasteiger partial charge in [0, 0.05) is 30.5 Å². The summed E-state index contributed by atoms with van der Waals surface area (Å²) in [6.45, 7) is 5.61. The van der Waals surface area contributed by atoms with Gasteiger partial charge in [0.05, 0.1) is 14.2 Å². The van der Waals surface area contributed by atoms with Gasteiger partial charge in [-0.25, -0.2) is 0 Å². The summed E-state index contributed by atoms with van der Waals surface area (Å²) in [6.07, 6.45) is 3.56. The number of benzene rings is 2. The quantitative estimate of drug-likeness (QED) is 0.504. The minimum Gasteiger partial charge on any atom is -0.497 e. The number of methoxy groups -OCH3 is 2. The largest absolute Gasteiger partial charge is 0.497 e. The first-order valence-electron chi connectivity index (χ1n) is 10.2. The Morgan fingerprint density at radius 1 is 0.900 bits per heavy atom. The number of pyridine rings is 1. The van der Waals surface area contributed by atoms with Gasteiger partial charge in [-0.05, 0) is 47.4 Å². The summed E-state index contributed by atoms with van der Waals surface area (Å²) in [5, 5.41) is 3.68. The summed E-state index contributed by atoms with van der Waals surface area (Å²) >= 11 is 0. The van der Waals surface area contributed by atoms with E-state index in [1.54, 1.807) is 26.6 Å². The Morgan fingerprint density at radius 3 is 2.33 bits per heavy atom. The molecule has 0 aliphatic carbocycles. The third-order valence-electron chi connectivity index (χ3n) is 5.01. The topological polar surface area (TPSA) is 52.6 Å². The minimum absolute atomic E-state index is 0.234. The van der Waals surface area contributed by atoms with Gasteiger partial charge in [0.15, 0.2) is 11.5 Å². The van der Waals surface area contributed by atoms with Crippen LogP contribution in [0.3, 0.4) is 0 Å². The van der Waals surface area contributed by atoms with E-state index >= 15 is 0 Å². The molecule has 0 spiro atoms. The van der Waals surface area contributed by atoms with Crippen LogP contribution in [0.5, 0.6) is 17.2 Å². The number of rotatable bonds is 10. The zero-order chi connectivity index (χ0) is 21.3. The monoisotopic (exact) mass is 406 g/mol. The summed E-state index contributed by atoms with van der Waals surface area (Å²) in [5.74, 6) is 2.76. The molecule has 0 radical (unpaired) electrons. The zero-order valence-electron chi connectivity index (χ0n) is 18.1. The fourth-order valence-electron chi connectivity index (χ4n) is 3.37. The van der Waals surface area contributed by atoms with E-state index in [4.69, 9.17) is 14.2 Å². The van der Waals surface area contributed by atoms with Crippen molar-refractivity contribution in [3.8, 4) is 17.2 Å². The molecule has 1 unspecified atom stereocenters. The Labute approximate surface area is 179 Å². The minimum atomic E-state index is 0.234. The standard InChI is InChI=1S/C25H30N2O3/c1-18(2)25(21-8-10-22(28-3)11-9-21)27-16-19-7-12-23(29-4)24(14-19)30-17-20-6-5-13-26-15-20/h5-15,18,25,27H,16-17H2,1-4H3. The zero-order valence-corrected chi connectivity index (χ0v) is 18.1. The lowest BCUT2D eigenvalue weighted by Crippen LogP contribution is -2.25. The summed E-state index contributed by atoms with van der Waals surface area (Å²) in [5.41, 5.74) is 3.39. The van der Waals surface area contributed by atoms with Gasteiger partial charge >= 0.3 is 0 Å². The highest BCUT2D eigenvalue weighted by atomic mass is 16.5. The van der Waals surface area contributed by atoms with E-state index in [1.165, 1.54) is 5.56 Å². The fraction of sp³-hybridized carbons (Fsp3) is 0.320. The Kier molecular flexibility index (Phi) is 7.69. The maximum atomic E-state index is 6.01. The predicted octanol–water partition coefficient (Wildman–Crippen LogP) is 5.16. The molecule has 0 aliphatic heterocycles. The molecule has 1 atom stereocenters. The molecule has 0 saturated heterocycles. The van der Waals surface area contributed by atoms with Crippen molar-refractivity contribution in [2.24, 2.45) is 5.92 Å². The fourth-order valence-corrected chi connectivity index (χ4v) is 3.37. The Balaban J connectivity index is 1.69. The molecule has 5 nitrogen and oxygen atoms in total. The normalized spacial score (nSPS) is 11.9.